The van der Waals surface area contributed by atoms with Gasteiger partial charge < -0.3 is 0 Å². The molecule has 7 nitrogen and oxygen atoms in total. The van der Waals surface area contributed by atoms with Gasteiger partial charge in [-0.15, -0.1) is 10.2 Å². The van der Waals surface area contributed by atoms with Gasteiger partial charge >= 0.3 is 0 Å². The van der Waals surface area contributed by atoms with Gasteiger partial charge in [-0.05, 0) is 30.5 Å². The van der Waals surface area contributed by atoms with E-state index >= 15 is 0 Å². The van der Waals surface area contributed by atoms with Crippen molar-refractivity contribution in [1.29, 1.82) is 0 Å². The Labute approximate surface area is 151 Å². The summed E-state index contributed by atoms with van der Waals surface area (Å²) >= 11 is 1.32. The van der Waals surface area contributed by atoms with Crippen LogP contribution in [0, 0.1) is 12.8 Å². The van der Waals surface area contributed by atoms with Crippen molar-refractivity contribution in [3.8, 4) is 0 Å². The quantitative estimate of drug-likeness (QED) is 0.766. The number of aromatic nitrogens is 2. The number of amides is 1. The number of sulfonamides is 1. The van der Waals surface area contributed by atoms with Crippen molar-refractivity contribution in [2.24, 2.45) is 5.92 Å². The van der Waals surface area contributed by atoms with E-state index in [2.05, 4.69) is 34.1 Å². The Morgan fingerprint density at radius 3 is 2.64 bits per heavy atom. The van der Waals surface area contributed by atoms with Gasteiger partial charge in [0.25, 0.3) is 5.91 Å². The van der Waals surface area contributed by atoms with Crippen molar-refractivity contribution < 1.29 is 13.2 Å². The Morgan fingerprint density at radius 2 is 2.00 bits per heavy atom. The molecular weight excluding hydrogens is 360 g/mol. The van der Waals surface area contributed by atoms with E-state index < -0.39 is 15.9 Å². The SMILES string of the molecule is CCNS(=O)(=O)c1ccc(C)c(C(=O)Nc2nnc(CC(C)C)s2)c1. The number of nitrogens with one attached hydrogen (secondary N) is 2. The molecule has 0 aliphatic rings. The van der Waals surface area contributed by atoms with Crippen LogP contribution in [0.15, 0.2) is 23.1 Å². The van der Waals surface area contributed by atoms with E-state index in [0.29, 0.717) is 22.2 Å². The molecule has 1 aromatic carbocycles. The first-order valence-electron chi connectivity index (χ1n) is 7.97. The lowest BCUT2D eigenvalue weighted by Gasteiger charge is -2.09. The van der Waals surface area contributed by atoms with E-state index in [1.807, 2.05) is 0 Å². The van der Waals surface area contributed by atoms with Crippen LogP contribution >= 0.6 is 11.3 Å². The monoisotopic (exact) mass is 382 g/mol. The lowest BCUT2D eigenvalue weighted by atomic mass is 10.1. The van der Waals surface area contributed by atoms with Gasteiger partial charge in [-0.3, -0.25) is 10.1 Å². The number of rotatable bonds is 7. The van der Waals surface area contributed by atoms with Crippen LogP contribution in [-0.4, -0.2) is 31.1 Å². The Morgan fingerprint density at radius 1 is 1.28 bits per heavy atom. The van der Waals surface area contributed by atoms with Crippen LogP contribution in [0.2, 0.25) is 0 Å². The van der Waals surface area contributed by atoms with Crippen LogP contribution in [0.5, 0.6) is 0 Å². The third-order valence-electron chi connectivity index (χ3n) is 3.37. The fourth-order valence-electron chi connectivity index (χ4n) is 2.19. The Bertz CT molecular complexity index is 860. The smallest absolute Gasteiger partial charge is 0.257 e. The Kier molecular flexibility index (Phi) is 6.26. The standard InChI is InChI=1S/C16H22N4O3S2/c1-5-17-25(22,23)12-7-6-11(4)13(9-12)15(21)18-16-20-19-14(24-16)8-10(2)3/h6-7,9-10,17H,5,8H2,1-4H3,(H,18,20,21). The second-order valence-electron chi connectivity index (χ2n) is 6.03. The highest BCUT2D eigenvalue weighted by molar-refractivity contribution is 7.89. The summed E-state index contributed by atoms with van der Waals surface area (Å²) < 4.78 is 26.7. The highest BCUT2D eigenvalue weighted by atomic mass is 32.2. The largest absolute Gasteiger partial charge is 0.296 e. The molecule has 1 amide bonds. The zero-order valence-corrected chi connectivity index (χ0v) is 16.3. The van der Waals surface area contributed by atoms with Gasteiger partial charge in [-0.2, -0.15) is 0 Å². The third kappa shape index (κ3) is 5.07. The van der Waals surface area contributed by atoms with Crippen LogP contribution in [0.1, 0.15) is 41.7 Å². The predicted octanol–water partition coefficient (Wildman–Crippen LogP) is 2.60. The molecule has 0 atom stereocenters. The summed E-state index contributed by atoms with van der Waals surface area (Å²) in [5.74, 6) is 0.0463. The molecule has 0 aliphatic heterocycles. The zero-order chi connectivity index (χ0) is 18.6. The van der Waals surface area contributed by atoms with Crippen LogP contribution in [-0.2, 0) is 16.4 Å². The van der Waals surface area contributed by atoms with Crippen LogP contribution in [0.3, 0.4) is 0 Å². The first-order valence-corrected chi connectivity index (χ1v) is 10.3. The van der Waals surface area contributed by atoms with Gasteiger partial charge in [0.15, 0.2) is 0 Å². The summed E-state index contributed by atoms with van der Waals surface area (Å²) in [6.07, 6.45) is 0.795. The second kappa shape index (κ2) is 8.03. The van der Waals surface area contributed by atoms with Crippen molar-refractivity contribution in [3.05, 3.63) is 34.3 Å². The van der Waals surface area contributed by atoms with Crippen molar-refractivity contribution in [3.63, 3.8) is 0 Å². The molecule has 136 valence electrons. The summed E-state index contributed by atoms with van der Waals surface area (Å²) in [7, 11) is -3.62. The minimum atomic E-state index is -3.62. The maximum absolute atomic E-state index is 12.5. The normalized spacial score (nSPS) is 11.7. The number of hydrogen-bond donors (Lipinski definition) is 2. The first kappa shape index (κ1) is 19.5. The molecular formula is C16H22N4O3S2. The van der Waals surface area contributed by atoms with Crippen molar-refractivity contribution in [1.82, 2.24) is 14.9 Å². The van der Waals surface area contributed by atoms with E-state index in [-0.39, 0.29) is 11.4 Å². The molecule has 0 unspecified atom stereocenters. The molecule has 2 rings (SSSR count). The van der Waals surface area contributed by atoms with E-state index in [4.69, 9.17) is 0 Å². The Balaban J connectivity index is 2.23. The van der Waals surface area contributed by atoms with Crippen LogP contribution < -0.4 is 10.0 Å². The van der Waals surface area contributed by atoms with Gasteiger partial charge in [0, 0.05) is 18.5 Å². The molecule has 2 aromatic rings. The van der Waals surface area contributed by atoms with Crippen molar-refractivity contribution in [2.45, 2.75) is 39.0 Å². The van der Waals surface area contributed by atoms with E-state index in [1.54, 1.807) is 19.9 Å². The lowest BCUT2D eigenvalue weighted by molar-refractivity contribution is 0.102. The Hall–Kier alpha value is -1.84. The third-order valence-corrected chi connectivity index (χ3v) is 5.77. The number of carbonyl (C=O) groups excluding carboxylic acids is 1. The predicted molar refractivity (Wildman–Crippen MR) is 98.4 cm³/mol. The number of benzene rings is 1. The van der Waals surface area contributed by atoms with Gasteiger partial charge in [0.05, 0.1) is 4.90 Å². The topological polar surface area (TPSA) is 101 Å². The molecule has 9 heteroatoms. The molecule has 0 saturated carbocycles. The average Bonchev–Trinajstić information content (AvgIpc) is 2.93. The number of aryl methyl sites for hydroxylation is 1. The molecule has 0 aliphatic carbocycles. The first-order chi connectivity index (χ1) is 11.7. The van der Waals surface area contributed by atoms with Gasteiger partial charge in [-0.1, -0.05) is 38.2 Å². The number of carbonyl (C=O) groups is 1. The maximum Gasteiger partial charge on any atom is 0.257 e. The molecule has 0 radical (unpaired) electrons. The zero-order valence-electron chi connectivity index (χ0n) is 14.7. The second-order valence-corrected chi connectivity index (χ2v) is 8.86. The number of hydrogen-bond acceptors (Lipinski definition) is 6. The minimum absolute atomic E-state index is 0.0582. The number of nitrogens with zero attached hydrogens (tertiary/aromatic N) is 2. The summed E-state index contributed by atoms with van der Waals surface area (Å²) in [6, 6.07) is 4.47. The number of anilines is 1. The highest BCUT2D eigenvalue weighted by Crippen LogP contribution is 2.21. The van der Waals surface area contributed by atoms with Gasteiger partial charge in [0.2, 0.25) is 15.2 Å². The fourth-order valence-corrected chi connectivity index (χ4v) is 4.20. The molecule has 0 saturated heterocycles. The summed E-state index contributed by atoms with van der Waals surface area (Å²) in [6.45, 7) is 7.89. The highest BCUT2D eigenvalue weighted by Gasteiger charge is 2.18. The molecule has 0 bridgehead atoms. The maximum atomic E-state index is 12.5. The van der Waals surface area contributed by atoms with Crippen molar-refractivity contribution >= 4 is 32.4 Å². The molecule has 25 heavy (non-hydrogen) atoms. The summed E-state index contributed by atoms with van der Waals surface area (Å²) in [5.41, 5.74) is 0.972. The summed E-state index contributed by atoms with van der Waals surface area (Å²) in [4.78, 5) is 12.6. The van der Waals surface area contributed by atoms with Gasteiger partial charge in [-0.25, -0.2) is 13.1 Å². The summed E-state index contributed by atoms with van der Waals surface area (Å²) in [5, 5.41) is 12.0. The molecule has 0 spiro atoms. The van der Waals surface area contributed by atoms with Crippen LogP contribution in [0.25, 0.3) is 0 Å². The average molecular weight is 383 g/mol. The van der Waals surface area contributed by atoms with Crippen molar-refractivity contribution in [2.75, 3.05) is 11.9 Å². The fraction of sp³-hybridized carbons (Fsp3) is 0.438. The van der Waals surface area contributed by atoms with E-state index in [9.17, 15) is 13.2 Å². The molecule has 0 fully saturated rings. The molecule has 1 aromatic heterocycles. The van der Waals surface area contributed by atoms with Gasteiger partial charge in [0.1, 0.15) is 5.01 Å². The molecule has 2 N–H and O–H groups in total. The van der Waals surface area contributed by atoms with E-state index in [1.165, 1.54) is 23.5 Å². The minimum Gasteiger partial charge on any atom is -0.296 e. The van der Waals surface area contributed by atoms with Crippen LogP contribution in [0.4, 0.5) is 5.13 Å². The molecule has 1 heterocycles. The van der Waals surface area contributed by atoms with E-state index in [0.717, 1.165) is 11.4 Å². The lowest BCUT2D eigenvalue weighted by Crippen LogP contribution is -2.24.